The van der Waals surface area contributed by atoms with Crippen molar-refractivity contribution < 1.29 is 33.4 Å². The van der Waals surface area contributed by atoms with Crippen LogP contribution >= 0.6 is 0 Å². The average Bonchev–Trinajstić information content (AvgIpc) is 2.84. The third-order valence-corrected chi connectivity index (χ3v) is 6.21. The lowest BCUT2D eigenvalue weighted by atomic mass is 10.2. The van der Waals surface area contributed by atoms with Gasteiger partial charge in [0, 0.05) is 70.4 Å². The first-order valence-electron chi connectivity index (χ1n) is 15.6. The number of nitrogens with one attached hydrogen (secondary N) is 1. The molecule has 0 spiro atoms. The molecule has 258 valence electrons. The van der Waals surface area contributed by atoms with Crippen LogP contribution in [0.5, 0.6) is 0 Å². The summed E-state index contributed by atoms with van der Waals surface area (Å²) in [7, 11) is 0. The van der Waals surface area contributed by atoms with Crippen molar-refractivity contribution in [3.8, 4) is 0 Å². The molecule has 1 heterocycles. The van der Waals surface area contributed by atoms with Crippen LogP contribution in [0.25, 0.3) is 10.4 Å². The van der Waals surface area contributed by atoms with Crippen molar-refractivity contribution in [2.24, 2.45) is 5.11 Å². The highest BCUT2D eigenvalue weighted by molar-refractivity contribution is 5.78. The molecule has 0 aromatic rings. The normalized spacial score (nSPS) is 17.3. The smallest absolute Gasteiger partial charge is 0.320 e. The number of esters is 3. The highest BCUT2D eigenvalue weighted by Crippen LogP contribution is 2.11. The number of carbonyl (C=O) groups excluding carboxylic acids is 4. The van der Waals surface area contributed by atoms with E-state index in [4.69, 9.17) is 19.7 Å². The van der Waals surface area contributed by atoms with E-state index in [9.17, 15) is 19.2 Å². The number of hydrogen-bond acceptors (Lipinski definition) is 12. The van der Waals surface area contributed by atoms with Crippen LogP contribution in [0.1, 0.15) is 62.3 Å². The predicted octanol–water partition coefficient (Wildman–Crippen LogP) is 1.66. The average molecular weight is 641 g/mol. The van der Waals surface area contributed by atoms with Gasteiger partial charge in [-0.25, -0.2) is 0 Å². The zero-order valence-electron chi connectivity index (χ0n) is 28.9. The Morgan fingerprint density at radius 2 is 0.889 bits per heavy atom. The van der Waals surface area contributed by atoms with E-state index in [1.54, 1.807) is 0 Å². The minimum atomic E-state index is -0.635. The highest BCUT2D eigenvalue weighted by atomic mass is 16.6. The molecule has 1 N–H and O–H groups in total. The van der Waals surface area contributed by atoms with Gasteiger partial charge in [0.05, 0.1) is 26.2 Å². The van der Waals surface area contributed by atoms with E-state index in [1.807, 2.05) is 81.9 Å². The van der Waals surface area contributed by atoms with Gasteiger partial charge in [-0.15, -0.1) is 0 Å². The standard InChI is InChI=1S/C30H56N8O7/c1-28(2,3)43-25(40)21-36-14-12-35(20-24(39)32-10-11-33-34-31)13-15-37(22-26(41)44-29(4,5)6)17-19-38(18-16-36)23-27(42)45-30(7,8)9/h10-23H2,1-9H3,(H,32,39). The van der Waals surface area contributed by atoms with Gasteiger partial charge in [0.1, 0.15) is 16.8 Å². The van der Waals surface area contributed by atoms with Crippen molar-refractivity contribution in [2.75, 3.05) is 91.6 Å². The molecule has 0 aromatic carbocycles. The number of ether oxygens (including phenoxy) is 3. The Kier molecular flexibility index (Phi) is 16.8. The second-order valence-electron chi connectivity index (χ2n) is 14.2. The Balaban J connectivity index is 3.20. The van der Waals surface area contributed by atoms with E-state index in [0.29, 0.717) is 52.4 Å². The van der Waals surface area contributed by atoms with Crippen molar-refractivity contribution in [1.82, 2.24) is 24.9 Å². The van der Waals surface area contributed by atoms with Crippen LogP contribution in [0.2, 0.25) is 0 Å². The maximum absolute atomic E-state index is 12.8. The van der Waals surface area contributed by atoms with Gasteiger partial charge in [0.25, 0.3) is 0 Å². The third kappa shape index (κ3) is 21.4. The van der Waals surface area contributed by atoms with E-state index < -0.39 is 16.8 Å². The number of hydrogen-bond donors (Lipinski definition) is 1. The number of carbonyl (C=O) groups is 4. The quantitative estimate of drug-likeness (QED) is 0.0870. The Labute approximate surface area is 268 Å². The fourth-order valence-corrected chi connectivity index (χ4v) is 4.43. The zero-order chi connectivity index (χ0) is 34.3. The molecule has 0 saturated carbocycles. The summed E-state index contributed by atoms with van der Waals surface area (Å²) in [5.74, 6) is -1.31. The summed E-state index contributed by atoms with van der Waals surface area (Å²) in [6.07, 6.45) is 0. The summed E-state index contributed by atoms with van der Waals surface area (Å²) >= 11 is 0. The molecule has 1 fully saturated rings. The first-order valence-corrected chi connectivity index (χ1v) is 15.6. The van der Waals surface area contributed by atoms with Crippen LogP contribution < -0.4 is 5.32 Å². The molecular weight excluding hydrogens is 584 g/mol. The Hall–Kier alpha value is -2.97. The third-order valence-electron chi connectivity index (χ3n) is 6.21. The number of amides is 1. The molecule has 0 aromatic heterocycles. The minimum absolute atomic E-state index is 0.0501. The minimum Gasteiger partial charge on any atom is -0.459 e. The largest absolute Gasteiger partial charge is 0.459 e. The molecule has 1 aliphatic heterocycles. The molecule has 1 amide bonds. The summed E-state index contributed by atoms with van der Waals surface area (Å²) in [6, 6.07) is 0. The van der Waals surface area contributed by atoms with Gasteiger partial charge in [-0.2, -0.15) is 0 Å². The van der Waals surface area contributed by atoms with Crippen molar-refractivity contribution >= 4 is 23.8 Å². The van der Waals surface area contributed by atoms with Crippen molar-refractivity contribution in [3.63, 3.8) is 0 Å². The summed E-state index contributed by atoms with van der Waals surface area (Å²) < 4.78 is 16.7. The molecule has 0 bridgehead atoms. The summed E-state index contributed by atoms with van der Waals surface area (Å²) in [5, 5.41) is 6.20. The lowest BCUT2D eigenvalue weighted by Gasteiger charge is -2.34. The van der Waals surface area contributed by atoms with Gasteiger partial charge in [-0.05, 0) is 67.8 Å². The first-order chi connectivity index (χ1) is 20.7. The second-order valence-corrected chi connectivity index (χ2v) is 14.2. The Bertz CT molecular complexity index is 967. The topological polar surface area (TPSA) is 170 Å². The van der Waals surface area contributed by atoms with Gasteiger partial charge < -0.3 is 19.5 Å². The number of rotatable bonds is 11. The van der Waals surface area contributed by atoms with Crippen LogP contribution in [0.3, 0.4) is 0 Å². The molecule has 1 rings (SSSR count). The zero-order valence-corrected chi connectivity index (χ0v) is 28.9. The number of nitrogens with zero attached hydrogens (tertiary/aromatic N) is 7. The SMILES string of the molecule is CC(C)(C)OC(=O)CN1CCN(CC(=O)NCCN=[N+]=[N-])CCN(CC(=O)OC(C)(C)C)CCN(CC(=O)OC(C)(C)C)CC1. The van der Waals surface area contributed by atoms with E-state index in [1.165, 1.54) is 0 Å². The first kappa shape index (κ1) is 40.1. The highest BCUT2D eigenvalue weighted by Gasteiger charge is 2.26. The molecule has 1 aliphatic rings. The van der Waals surface area contributed by atoms with Gasteiger partial charge in [-0.3, -0.25) is 38.8 Å². The van der Waals surface area contributed by atoms with Crippen LogP contribution in [-0.2, 0) is 33.4 Å². The molecule has 45 heavy (non-hydrogen) atoms. The molecule has 15 heteroatoms. The predicted molar refractivity (Wildman–Crippen MR) is 170 cm³/mol. The Morgan fingerprint density at radius 3 is 1.16 bits per heavy atom. The van der Waals surface area contributed by atoms with Crippen molar-refractivity contribution in [2.45, 2.75) is 79.1 Å². The van der Waals surface area contributed by atoms with Gasteiger partial charge >= 0.3 is 17.9 Å². The monoisotopic (exact) mass is 640 g/mol. The molecule has 0 unspecified atom stereocenters. The lowest BCUT2D eigenvalue weighted by Crippen LogP contribution is -2.50. The van der Waals surface area contributed by atoms with Crippen LogP contribution in [-0.4, -0.2) is 152 Å². The fourth-order valence-electron chi connectivity index (χ4n) is 4.43. The van der Waals surface area contributed by atoms with Crippen molar-refractivity contribution in [3.05, 3.63) is 10.4 Å². The number of azide groups is 1. The van der Waals surface area contributed by atoms with E-state index >= 15 is 0 Å². The lowest BCUT2D eigenvalue weighted by molar-refractivity contribution is -0.158. The van der Waals surface area contributed by atoms with Crippen LogP contribution in [0.4, 0.5) is 0 Å². The van der Waals surface area contributed by atoms with Crippen LogP contribution in [0, 0.1) is 0 Å². The van der Waals surface area contributed by atoms with Crippen LogP contribution in [0.15, 0.2) is 5.11 Å². The maximum atomic E-state index is 12.8. The molecule has 0 atom stereocenters. The summed E-state index contributed by atoms with van der Waals surface area (Å²) in [4.78, 5) is 61.6. The maximum Gasteiger partial charge on any atom is 0.320 e. The van der Waals surface area contributed by atoms with E-state index in [0.717, 1.165) is 0 Å². The summed E-state index contributed by atoms with van der Waals surface area (Å²) in [5.41, 5.74) is 6.58. The molecule has 1 saturated heterocycles. The van der Waals surface area contributed by atoms with E-state index in [2.05, 4.69) is 15.3 Å². The van der Waals surface area contributed by atoms with Gasteiger partial charge in [0.2, 0.25) is 5.91 Å². The van der Waals surface area contributed by atoms with Gasteiger partial charge in [-0.1, -0.05) is 5.11 Å². The fraction of sp³-hybridized carbons (Fsp3) is 0.867. The Morgan fingerprint density at radius 1 is 0.600 bits per heavy atom. The van der Waals surface area contributed by atoms with Crippen molar-refractivity contribution in [1.29, 1.82) is 0 Å². The van der Waals surface area contributed by atoms with Gasteiger partial charge in [0.15, 0.2) is 0 Å². The summed E-state index contributed by atoms with van der Waals surface area (Å²) in [6.45, 7) is 20.6. The molecule has 15 nitrogen and oxygen atoms in total. The molecule has 0 aliphatic carbocycles. The molecule has 0 radical (unpaired) electrons. The molecular formula is C30H56N8O7. The second kappa shape index (κ2) is 18.9. The van der Waals surface area contributed by atoms with E-state index in [-0.39, 0.29) is 63.1 Å².